The fourth-order valence-corrected chi connectivity index (χ4v) is 5.06. The van der Waals surface area contributed by atoms with Crippen LogP contribution in [-0.4, -0.2) is 55.2 Å². The molecule has 0 radical (unpaired) electrons. The number of nitrogens with zero attached hydrogens (tertiary/aromatic N) is 1. The lowest BCUT2D eigenvalue weighted by Crippen LogP contribution is -2.45. The third-order valence-corrected chi connectivity index (χ3v) is 6.30. The van der Waals surface area contributed by atoms with Crippen LogP contribution in [-0.2, 0) is 10.0 Å². The van der Waals surface area contributed by atoms with Crippen molar-refractivity contribution >= 4 is 21.8 Å². The molecule has 0 spiro atoms. The molecule has 1 atom stereocenters. The largest absolute Gasteiger partial charge is 0.315 e. The van der Waals surface area contributed by atoms with Crippen molar-refractivity contribution in [3.8, 4) is 0 Å². The van der Waals surface area contributed by atoms with Gasteiger partial charge in [0.05, 0.1) is 5.75 Å². The van der Waals surface area contributed by atoms with Crippen molar-refractivity contribution in [2.45, 2.75) is 45.7 Å². The predicted molar refractivity (Wildman–Crippen MR) is 79.7 cm³/mol. The van der Waals surface area contributed by atoms with E-state index in [0.717, 1.165) is 30.9 Å². The van der Waals surface area contributed by atoms with Gasteiger partial charge in [0.25, 0.3) is 0 Å². The first-order valence-corrected chi connectivity index (χ1v) is 9.50. The van der Waals surface area contributed by atoms with Crippen LogP contribution in [0, 0.1) is 0 Å². The van der Waals surface area contributed by atoms with Gasteiger partial charge in [-0.2, -0.15) is 16.1 Å². The van der Waals surface area contributed by atoms with E-state index in [0.29, 0.717) is 18.3 Å². The van der Waals surface area contributed by atoms with E-state index < -0.39 is 10.0 Å². The standard InChI is InChI=1S/C12H26N2O2S2/c1-11(2)13-6-4-5-9-18(15,16)14-7-8-17-10-12(14)3/h11-13H,4-10H2,1-3H3. The quantitative estimate of drug-likeness (QED) is 0.724. The molecule has 0 aromatic heterocycles. The average Bonchev–Trinajstić information content (AvgIpc) is 2.28. The Morgan fingerprint density at radius 2 is 2.11 bits per heavy atom. The molecule has 1 N–H and O–H groups in total. The summed E-state index contributed by atoms with van der Waals surface area (Å²) in [7, 11) is -3.04. The molecule has 0 aromatic carbocycles. The Morgan fingerprint density at radius 1 is 1.39 bits per heavy atom. The number of unbranched alkanes of at least 4 members (excludes halogenated alkanes) is 1. The maximum Gasteiger partial charge on any atom is 0.214 e. The van der Waals surface area contributed by atoms with E-state index in [1.807, 2.05) is 18.7 Å². The van der Waals surface area contributed by atoms with Crippen LogP contribution in [0.1, 0.15) is 33.6 Å². The molecule has 1 rings (SSSR count). The topological polar surface area (TPSA) is 49.4 Å². The molecule has 1 heterocycles. The van der Waals surface area contributed by atoms with Crippen LogP contribution in [0.25, 0.3) is 0 Å². The third kappa shape index (κ3) is 5.47. The lowest BCUT2D eigenvalue weighted by Gasteiger charge is -2.31. The second-order valence-corrected chi connectivity index (χ2v) is 8.36. The Morgan fingerprint density at radius 3 is 2.72 bits per heavy atom. The molecule has 0 saturated carbocycles. The lowest BCUT2D eigenvalue weighted by molar-refractivity contribution is 0.366. The summed E-state index contributed by atoms with van der Waals surface area (Å²) in [6.45, 7) is 7.79. The molecule has 6 heteroatoms. The van der Waals surface area contributed by atoms with E-state index >= 15 is 0 Å². The van der Waals surface area contributed by atoms with Gasteiger partial charge in [0.2, 0.25) is 10.0 Å². The zero-order valence-corrected chi connectivity index (χ0v) is 13.3. The van der Waals surface area contributed by atoms with Crippen molar-refractivity contribution in [2.75, 3.05) is 30.3 Å². The summed E-state index contributed by atoms with van der Waals surface area (Å²) >= 11 is 1.84. The fourth-order valence-electron chi connectivity index (χ4n) is 2.04. The Bertz CT molecular complexity index is 331. The van der Waals surface area contributed by atoms with Crippen LogP contribution in [0.2, 0.25) is 0 Å². The third-order valence-electron chi connectivity index (χ3n) is 3.05. The van der Waals surface area contributed by atoms with Gasteiger partial charge in [0.1, 0.15) is 0 Å². The van der Waals surface area contributed by atoms with E-state index in [9.17, 15) is 8.42 Å². The van der Waals surface area contributed by atoms with Crippen LogP contribution in [0.15, 0.2) is 0 Å². The Balaban J connectivity index is 2.30. The van der Waals surface area contributed by atoms with Gasteiger partial charge in [-0.25, -0.2) is 8.42 Å². The monoisotopic (exact) mass is 294 g/mol. The van der Waals surface area contributed by atoms with Crippen LogP contribution >= 0.6 is 11.8 Å². The molecule has 1 saturated heterocycles. The van der Waals surface area contributed by atoms with Crippen molar-refractivity contribution in [2.24, 2.45) is 0 Å². The number of hydrogen-bond acceptors (Lipinski definition) is 4. The summed E-state index contributed by atoms with van der Waals surface area (Å²) < 4.78 is 26.1. The van der Waals surface area contributed by atoms with E-state index in [-0.39, 0.29) is 6.04 Å². The maximum absolute atomic E-state index is 12.2. The Kier molecular flexibility index (Phi) is 6.98. The first kappa shape index (κ1) is 16.3. The molecule has 0 amide bonds. The van der Waals surface area contributed by atoms with E-state index in [1.54, 1.807) is 4.31 Å². The first-order chi connectivity index (χ1) is 8.43. The second kappa shape index (κ2) is 7.72. The highest BCUT2D eigenvalue weighted by Gasteiger charge is 2.28. The van der Waals surface area contributed by atoms with Crippen LogP contribution in [0.4, 0.5) is 0 Å². The highest BCUT2D eigenvalue weighted by Crippen LogP contribution is 2.20. The molecular weight excluding hydrogens is 268 g/mol. The SMILES string of the molecule is CC(C)NCCCCS(=O)(=O)N1CCSCC1C. The molecule has 0 bridgehead atoms. The van der Waals surface area contributed by atoms with E-state index in [1.165, 1.54) is 0 Å². The maximum atomic E-state index is 12.2. The number of sulfonamides is 1. The van der Waals surface area contributed by atoms with Crippen molar-refractivity contribution in [3.05, 3.63) is 0 Å². The Labute approximate surface area is 116 Å². The zero-order chi connectivity index (χ0) is 13.6. The van der Waals surface area contributed by atoms with E-state index in [2.05, 4.69) is 19.2 Å². The Hall–Kier alpha value is 0.220. The highest BCUT2D eigenvalue weighted by molar-refractivity contribution is 7.99. The van der Waals surface area contributed by atoms with Crippen molar-refractivity contribution in [1.29, 1.82) is 0 Å². The molecule has 0 aliphatic carbocycles. The summed E-state index contributed by atoms with van der Waals surface area (Å²) in [4.78, 5) is 0. The minimum Gasteiger partial charge on any atom is -0.315 e. The summed E-state index contributed by atoms with van der Waals surface area (Å²) in [5.74, 6) is 2.15. The van der Waals surface area contributed by atoms with Crippen LogP contribution in [0.5, 0.6) is 0 Å². The summed E-state index contributed by atoms with van der Waals surface area (Å²) in [6, 6.07) is 0.628. The van der Waals surface area contributed by atoms with Gasteiger partial charge in [0.15, 0.2) is 0 Å². The van der Waals surface area contributed by atoms with Crippen molar-refractivity contribution in [3.63, 3.8) is 0 Å². The van der Waals surface area contributed by atoms with Gasteiger partial charge in [-0.3, -0.25) is 0 Å². The van der Waals surface area contributed by atoms with Crippen molar-refractivity contribution in [1.82, 2.24) is 9.62 Å². The van der Waals surface area contributed by atoms with Gasteiger partial charge in [-0.1, -0.05) is 13.8 Å². The highest BCUT2D eigenvalue weighted by atomic mass is 32.2. The lowest BCUT2D eigenvalue weighted by atomic mass is 10.3. The van der Waals surface area contributed by atoms with Gasteiger partial charge in [0, 0.05) is 30.1 Å². The smallest absolute Gasteiger partial charge is 0.214 e. The van der Waals surface area contributed by atoms with Gasteiger partial charge in [-0.05, 0) is 26.3 Å². The van der Waals surface area contributed by atoms with E-state index in [4.69, 9.17) is 0 Å². The first-order valence-electron chi connectivity index (χ1n) is 6.74. The normalized spacial score (nSPS) is 22.6. The zero-order valence-electron chi connectivity index (χ0n) is 11.7. The number of nitrogens with one attached hydrogen (secondary N) is 1. The van der Waals surface area contributed by atoms with Crippen LogP contribution < -0.4 is 5.32 Å². The molecule has 4 nitrogen and oxygen atoms in total. The van der Waals surface area contributed by atoms with Gasteiger partial charge < -0.3 is 5.32 Å². The minimum atomic E-state index is -3.04. The fraction of sp³-hybridized carbons (Fsp3) is 1.00. The minimum absolute atomic E-state index is 0.155. The van der Waals surface area contributed by atoms with Gasteiger partial charge in [-0.15, -0.1) is 0 Å². The van der Waals surface area contributed by atoms with Gasteiger partial charge >= 0.3 is 0 Å². The molecular formula is C12H26N2O2S2. The number of rotatable bonds is 7. The second-order valence-electron chi connectivity index (χ2n) is 5.17. The molecule has 1 aliphatic heterocycles. The average molecular weight is 294 g/mol. The predicted octanol–water partition coefficient (Wildman–Crippen LogP) is 1.53. The van der Waals surface area contributed by atoms with Crippen molar-refractivity contribution < 1.29 is 8.42 Å². The summed E-state index contributed by atoms with van der Waals surface area (Å²) in [5.41, 5.74) is 0. The molecule has 0 aromatic rings. The molecule has 1 unspecified atom stereocenters. The summed E-state index contributed by atoms with van der Waals surface area (Å²) in [6.07, 6.45) is 1.67. The molecule has 18 heavy (non-hydrogen) atoms. The number of thioether (sulfide) groups is 1. The molecule has 1 aliphatic rings. The summed E-state index contributed by atoms with van der Waals surface area (Å²) in [5, 5.41) is 3.31. The number of hydrogen-bond donors (Lipinski definition) is 1. The van der Waals surface area contributed by atoms with Crippen LogP contribution in [0.3, 0.4) is 0 Å². The molecule has 108 valence electrons. The molecule has 1 fully saturated rings.